The minimum Gasteiger partial charge on any atom is -0.348 e. The fourth-order valence-electron chi connectivity index (χ4n) is 2.40. The molecule has 1 aliphatic rings. The Hall–Kier alpha value is -1.89. The quantitative estimate of drug-likeness (QED) is 0.928. The maximum atomic E-state index is 12.4. The minimum atomic E-state index is 0.0295. The van der Waals surface area contributed by atoms with Crippen LogP contribution < -0.4 is 4.90 Å². The van der Waals surface area contributed by atoms with Crippen molar-refractivity contribution in [2.24, 2.45) is 0 Å². The monoisotopic (exact) mass is 291 g/mol. The van der Waals surface area contributed by atoms with Gasteiger partial charge in [0.25, 0.3) is 5.91 Å². The second-order valence-electron chi connectivity index (χ2n) is 4.68. The van der Waals surface area contributed by atoms with E-state index in [-0.39, 0.29) is 5.91 Å². The zero-order valence-corrected chi connectivity index (χ0v) is 12.2. The number of nitrogens with one attached hydrogen (secondary N) is 1. The fourth-order valence-corrected chi connectivity index (χ4v) is 3.09. The Morgan fingerprint density at radius 1 is 1.35 bits per heavy atom. The Morgan fingerprint density at radius 2 is 2.15 bits per heavy atom. The Morgan fingerprint density at radius 3 is 2.80 bits per heavy atom. The maximum Gasteiger partial charge on any atom is 0.274 e. The SMILES string of the molecule is CCc1[nH]cnc1C(=O)N1CCN(c2nccs2)CC1. The first kappa shape index (κ1) is 13.1. The van der Waals surface area contributed by atoms with E-state index < -0.39 is 0 Å². The van der Waals surface area contributed by atoms with E-state index in [2.05, 4.69) is 19.9 Å². The van der Waals surface area contributed by atoms with Crippen LogP contribution in [-0.4, -0.2) is 51.9 Å². The van der Waals surface area contributed by atoms with Crippen molar-refractivity contribution in [1.29, 1.82) is 0 Å². The summed E-state index contributed by atoms with van der Waals surface area (Å²) in [6.07, 6.45) is 4.20. The number of amides is 1. The summed E-state index contributed by atoms with van der Waals surface area (Å²) in [5.74, 6) is 0.0295. The van der Waals surface area contributed by atoms with E-state index in [1.807, 2.05) is 23.4 Å². The van der Waals surface area contributed by atoms with Crippen LogP contribution in [0.5, 0.6) is 0 Å². The third-order valence-corrected chi connectivity index (χ3v) is 4.36. The lowest BCUT2D eigenvalue weighted by molar-refractivity contribution is 0.0740. The predicted molar refractivity (Wildman–Crippen MR) is 78.2 cm³/mol. The van der Waals surface area contributed by atoms with Gasteiger partial charge in [0.1, 0.15) is 5.69 Å². The first-order valence-electron chi connectivity index (χ1n) is 6.75. The molecular formula is C13H17N5OS. The number of carbonyl (C=O) groups is 1. The molecule has 20 heavy (non-hydrogen) atoms. The van der Waals surface area contributed by atoms with Gasteiger partial charge >= 0.3 is 0 Å². The van der Waals surface area contributed by atoms with E-state index in [4.69, 9.17) is 0 Å². The number of piperazine rings is 1. The number of H-pyrrole nitrogens is 1. The summed E-state index contributed by atoms with van der Waals surface area (Å²) in [6.45, 7) is 5.10. The number of aromatic nitrogens is 3. The summed E-state index contributed by atoms with van der Waals surface area (Å²) in [5.41, 5.74) is 1.48. The number of imidazole rings is 1. The number of anilines is 1. The fraction of sp³-hybridized carbons (Fsp3) is 0.462. The molecule has 1 saturated heterocycles. The average Bonchev–Trinajstić information content (AvgIpc) is 3.17. The van der Waals surface area contributed by atoms with E-state index in [1.165, 1.54) is 0 Å². The van der Waals surface area contributed by atoms with Crippen LogP contribution in [0.1, 0.15) is 23.1 Å². The molecule has 0 radical (unpaired) electrons. The second-order valence-corrected chi connectivity index (χ2v) is 5.55. The summed E-state index contributed by atoms with van der Waals surface area (Å²) in [6, 6.07) is 0. The smallest absolute Gasteiger partial charge is 0.274 e. The molecule has 0 aliphatic carbocycles. The highest BCUT2D eigenvalue weighted by molar-refractivity contribution is 7.13. The molecule has 1 amide bonds. The Bertz CT molecular complexity index is 571. The topological polar surface area (TPSA) is 65.1 Å². The second kappa shape index (κ2) is 5.62. The van der Waals surface area contributed by atoms with Crippen molar-refractivity contribution in [3.8, 4) is 0 Å². The molecule has 1 aliphatic heterocycles. The molecule has 1 N–H and O–H groups in total. The van der Waals surface area contributed by atoms with Crippen molar-refractivity contribution >= 4 is 22.4 Å². The first-order valence-corrected chi connectivity index (χ1v) is 7.63. The van der Waals surface area contributed by atoms with Crippen LogP contribution in [0.4, 0.5) is 5.13 Å². The lowest BCUT2D eigenvalue weighted by Gasteiger charge is -2.34. The number of rotatable bonds is 3. The number of nitrogens with zero attached hydrogens (tertiary/aromatic N) is 4. The largest absolute Gasteiger partial charge is 0.348 e. The van der Waals surface area contributed by atoms with Crippen LogP contribution in [0, 0.1) is 0 Å². The van der Waals surface area contributed by atoms with Crippen molar-refractivity contribution in [3.63, 3.8) is 0 Å². The van der Waals surface area contributed by atoms with Gasteiger partial charge in [-0.15, -0.1) is 11.3 Å². The van der Waals surface area contributed by atoms with Gasteiger partial charge in [0.15, 0.2) is 5.13 Å². The van der Waals surface area contributed by atoms with Crippen LogP contribution in [-0.2, 0) is 6.42 Å². The maximum absolute atomic E-state index is 12.4. The zero-order valence-electron chi connectivity index (χ0n) is 11.4. The molecular weight excluding hydrogens is 274 g/mol. The van der Waals surface area contributed by atoms with Crippen LogP contribution >= 0.6 is 11.3 Å². The van der Waals surface area contributed by atoms with Gasteiger partial charge < -0.3 is 14.8 Å². The van der Waals surface area contributed by atoms with Crippen LogP contribution in [0.2, 0.25) is 0 Å². The molecule has 0 atom stereocenters. The number of hydrogen-bond donors (Lipinski definition) is 1. The average molecular weight is 291 g/mol. The molecule has 0 aromatic carbocycles. The standard InChI is InChI=1S/C13H17N5OS/c1-2-10-11(16-9-15-10)12(19)17-4-6-18(7-5-17)13-14-3-8-20-13/h3,8-9H,2,4-7H2,1H3,(H,15,16). The van der Waals surface area contributed by atoms with Crippen molar-refractivity contribution in [2.75, 3.05) is 31.1 Å². The highest BCUT2D eigenvalue weighted by Gasteiger charge is 2.25. The molecule has 0 unspecified atom stereocenters. The van der Waals surface area contributed by atoms with Gasteiger partial charge in [-0.1, -0.05) is 6.92 Å². The lowest BCUT2D eigenvalue weighted by Crippen LogP contribution is -2.49. The Kier molecular flexibility index (Phi) is 3.68. The summed E-state index contributed by atoms with van der Waals surface area (Å²) >= 11 is 1.64. The van der Waals surface area contributed by atoms with Gasteiger partial charge in [-0.05, 0) is 6.42 Å². The molecule has 6 nitrogen and oxygen atoms in total. The number of carbonyl (C=O) groups excluding carboxylic acids is 1. The number of hydrogen-bond acceptors (Lipinski definition) is 5. The third-order valence-electron chi connectivity index (χ3n) is 3.53. The number of aromatic amines is 1. The lowest BCUT2D eigenvalue weighted by atomic mass is 10.2. The van der Waals surface area contributed by atoms with Crippen LogP contribution in [0.3, 0.4) is 0 Å². The van der Waals surface area contributed by atoms with Gasteiger partial charge in [-0.3, -0.25) is 4.79 Å². The summed E-state index contributed by atoms with van der Waals surface area (Å²) in [4.78, 5) is 28.0. The van der Waals surface area contributed by atoms with E-state index in [1.54, 1.807) is 17.7 Å². The molecule has 3 heterocycles. The number of thiazole rings is 1. The molecule has 0 saturated carbocycles. The number of aryl methyl sites for hydroxylation is 1. The molecule has 2 aromatic rings. The van der Waals surface area contributed by atoms with Crippen molar-refractivity contribution < 1.29 is 4.79 Å². The highest BCUT2D eigenvalue weighted by atomic mass is 32.1. The molecule has 1 fully saturated rings. The van der Waals surface area contributed by atoms with Gasteiger partial charge in [-0.25, -0.2) is 9.97 Å². The van der Waals surface area contributed by atoms with Crippen molar-refractivity contribution in [1.82, 2.24) is 19.9 Å². The first-order chi connectivity index (χ1) is 9.79. The predicted octanol–water partition coefficient (Wildman–Crippen LogP) is 1.39. The van der Waals surface area contributed by atoms with Gasteiger partial charge in [0.05, 0.1) is 6.33 Å². The van der Waals surface area contributed by atoms with Gasteiger partial charge in [-0.2, -0.15) is 0 Å². The molecule has 0 bridgehead atoms. The molecule has 2 aromatic heterocycles. The molecule has 0 spiro atoms. The Labute approximate surface area is 121 Å². The summed E-state index contributed by atoms with van der Waals surface area (Å²) < 4.78 is 0. The summed E-state index contributed by atoms with van der Waals surface area (Å²) in [7, 11) is 0. The van der Waals surface area contributed by atoms with Gasteiger partial charge in [0.2, 0.25) is 0 Å². The highest BCUT2D eigenvalue weighted by Crippen LogP contribution is 2.19. The van der Waals surface area contributed by atoms with Gasteiger partial charge in [0, 0.05) is 43.4 Å². The van der Waals surface area contributed by atoms with E-state index in [0.717, 1.165) is 30.3 Å². The minimum absolute atomic E-state index is 0.0295. The van der Waals surface area contributed by atoms with Crippen LogP contribution in [0.15, 0.2) is 17.9 Å². The molecule has 7 heteroatoms. The van der Waals surface area contributed by atoms with E-state index in [0.29, 0.717) is 18.8 Å². The molecule has 106 valence electrons. The van der Waals surface area contributed by atoms with E-state index in [9.17, 15) is 4.79 Å². The Balaban J connectivity index is 1.65. The normalized spacial score (nSPS) is 15.7. The van der Waals surface area contributed by atoms with E-state index >= 15 is 0 Å². The third kappa shape index (κ3) is 2.40. The van der Waals surface area contributed by atoms with Crippen molar-refractivity contribution in [3.05, 3.63) is 29.3 Å². The zero-order chi connectivity index (χ0) is 13.9. The molecule has 3 rings (SSSR count). The van der Waals surface area contributed by atoms with Crippen molar-refractivity contribution in [2.45, 2.75) is 13.3 Å². The summed E-state index contributed by atoms with van der Waals surface area (Å²) in [5, 5.41) is 3.01. The van der Waals surface area contributed by atoms with Crippen LogP contribution in [0.25, 0.3) is 0 Å².